The van der Waals surface area contributed by atoms with Crippen molar-refractivity contribution in [2.75, 3.05) is 50.4 Å². The Hall–Kier alpha value is 0.756. The van der Waals surface area contributed by atoms with Gasteiger partial charge in [0.1, 0.15) is 6.79 Å². The van der Waals surface area contributed by atoms with E-state index < -0.39 is 27.3 Å². The minimum atomic E-state index is -4.28. The molecule has 30 heavy (non-hydrogen) atoms. The van der Waals surface area contributed by atoms with Crippen molar-refractivity contribution in [2.45, 2.75) is 40.5 Å². The Balaban J connectivity index is 0. The van der Waals surface area contributed by atoms with Crippen molar-refractivity contribution in [2.24, 2.45) is 11.3 Å². The molecule has 1 unspecified atom stereocenters. The van der Waals surface area contributed by atoms with Crippen molar-refractivity contribution in [3.63, 3.8) is 0 Å². The van der Waals surface area contributed by atoms with Crippen LogP contribution in [0.5, 0.6) is 0 Å². The van der Waals surface area contributed by atoms with Crippen LogP contribution in [0.15, 0.2) is 0 Å². The zero-order valence-electron chi connectivity index (χ0n) is 18.7. The van der Waals surface area contributed by atoms with Gasteiger partial charge >= 0.3 is 57.4 Å². The molecule has 0 aliphatic carbocycles. The molecule has 0 fully saturated rings. The molecular formula is C18H34KNO8S2. The Morgan fingerprint density at radius 1 is 1.17 bits per heavy atom. The van der Waals surface area contributed by atoms with Gasteiger partial charge in [0, 0.05) is 29.7 Å². The van der Waals surface area contributed by atoms with Crippen LogP contribution in [0.4, 0.5) is 0 Å². The molecule has 0 bridgehead atoms. The molecule has 1 amide bonds. The molecule has 0 heterocycles. The summed E-state index contributed by atoms with van der Waals surface area (Å²) in [5, 5.41) is 2.78. The fourth-order valence-electron chi connectivity index (χ4n) is 1.88. The fraction of sp³-hybridized carbons (Fsp3) is 0.889. The third kappa shape index (κ3) is 18.3. The molecule has 9 nitrogen and oxygen atoms in total. The van der Waals surface area contributed by atoms with E-state index in [1.165, 1.54) is 11.8 Å². The van der Waals surface area contributed by atoms with Crippen LogP contribution in [0, 0.1) is 11.3 Å². The topological polar surface area (TPSA) is 131 Å². The molecule has 0 radical (unpaired) electrons. The van der Waals surface area contributed by atoms with E-state index in [2.05, 4.69) is 5.32 Å². The number of hydrogen-bond acceptors (Lipinski definition) is 9. The predicted molar refractivity (Wildman–Crippen MR) is 110 cm³/mol. The molecule has 0 aromatic carbocycles. The number of thioether (sulfide) groups is 1. The van der Waals surface area contributed by atoms with Crippen molar-refractivity contribution >= 4 is 33.8 Å². The van der Waals surface area contributed by atoms with E-state index in [0.717, 1.165) is 6.42 Å². The monoisotopic (exact) mass is 495 g/mol. The van der Waals surface area contributed by atoms with Gasteiger partial charge in [0.05, 0.1) is 35.4 Å². The van der Waals surface area contributed by atoms with Gasteiger partial charge < -0.3 is 24.1 Å². The van der Waals surface area contributed by atoms with Crippen LogP contribution in [0.25, 0.3) is 0 Å². The van der Waals surface area contributed by atoms with E-state index in [0.29, 0.717) is 31.3 Å². The Kier molecular flexibility index (Phi) is 20.0. The van der Waals surface area contributed by atoms with Gasteiger partial charge in [-0.1, -0.05) is 13.8 Å². The van der Waals surface area contributed by atoms with Gasteiger partial charge in [0.2, 0.25) is 5.91 Å². The maximum Gasteiger partial charge on any atom is 1.00 e. The first-order valence-electron chi connectivity index (χ1n) is 9.61. The molecule has 0 aliphatic rings. The third-order valence-corrected chi connectivity index (χ3v) is 6.10. The van der Waals surface area contributed by atoms with Crippen LogP contribution in [-0.2, 0) is 33.9 Å². The van der Waals surface area contributed by atoms with E-state index in [1.54, 1.807) is 13.8 Å². The Morgan fingerprint density at radius 3 is 2.40 bits per heavy atom. The van der Waals surface area contributed by atoms with E-state index in [1.807, 2.05) is 13.8 Å². The van der Waals surface area contributed by atoms with Crippen molar-refractivity contribution in [1.82, 2.24) is 5.32 Å². The van der Waals surface area contributed by atoms with E-state index in [4.69, 9.17) is 14.2 Å². The quantitative estimate of drug-likeness (QED) is 0.0831. The van der Waals surface area contributed by atoms with Crippen LogP contribution in [0.3, 0.4) is 0 Å². The molecular weight excluding hydrogens is 461 g/mol. The number of amides is 1. The second kappa shape index (κ2) is 18.2. The van der Waals surface area contributed by atoms with Crippen molar-refractivity contribution in [1.29, 1.82) is 0 Å². The summed E-state index contributed by atoms with van der Waals surface area (Å²) in [7, 11) is -4.28. The van der Waals surface area contributed by atoms with Gasteiger partial charge in [-0.3, -0.25) is 9.59 Å². The van der Waals surface area contributed by atoms with Crippen molar-refractivity contribution < 1.29 is 88.2 Å². The number of ether oxygens (including phenoxy) is 3. The number of nitrogens with one attached hydrogen (secondary N) is 1. The van der Waals surface area contributed by atoms with Crippen LogP contribution < -0.4 is 56.7 Å². The van der Waals surface area contributed by atoms with E-state index in [-0.39, 0.29) is 83.0 Å². The zero-order valence-corrected chi connectivity index (χ0v) is 23.5. The SMILES string of the molecule is CCC(C)C(=O)NCCOCOCCSCC(C)(C)C(=O)OCCCS(=O)(=O)[O-].[K+]. The normalized spacial score (nSPS) is 12.7. The standard InChI is InChI=1S/C18H35NO8S2.K/c1-5-15(2)16(20)19-7-9-25-14-26-10-11-28-13-18(3,4)17(21)27-8-6-12-29(22,23)24;/h15H,5-14H2,1-4H3,(H,19,20)(H,22,23,24);/q;+1/p-1. The molecule has 12 heteroatoms. The van der Waals surface area contributed by atoms with Crippen molar-refractivity contribution in [3.05, 3.63) is 0 Å². The average Bonchev–Trinajstić information content (AvgIpc) is 2.64. The molecule has 1 atom stereocenters. The molecule has 0 aliphatic heterocycles. The first-order chi connectivity index (χ1) is 13.5. The van der Waals surface area contributed by atoms with Gasteiger partial charge in [-0.05, 0) is 26.7 Å². The Morgan fingerprint density at radius 2 is 1.80 bits per heavy atom. The summed E-state index contributed by atoms with van der Waals surface area (Å²) in [4.78, 5) is 23.6. The summed E-state index contributed by atoms with van der Waals surface area (Å²) in [6, 6.07) is 0. The number of carbonyl (C=O) groups is 2. The van der Waals surface area contributed by atoms with Crippen LogP contribution in [0.2, 0.25) is 0 Å². The largest absolute Gasteiger partial charge is 1.00 e. The van der Waals surface area contributed by atoms with Crippen LogP contribution in [0.1, 0.15) is 40.5 Å². The fourth-order valence-corrected chi connectivity index (χ4v) is 3.36. The molecule has 0 saturated carbocycles. The first kappa shape index (κ1) is 32.9. The smallest absolute Gasteiger partial charge is 0.748 e. The summed E-state index contributed by atoms with van der Waals surface area (Å²) in [5.41, 5.74) is -0.731. The maximum atomic E-state index is 12.0. The second-order valence-electron chi connectivity index (χ2n) is 7.22. The van der Waals surface area contributed by atoms with E-state index >= 15 is 0 Å². The number of rotatable bonds is 17. The first-order valence-corrected chi connectivity index (χ1v) is 12.3. The zero-order chi connectivity index (χ0) is 22.3. The summed E-state index contributed by atoms with van der Waals surface area (Å²) in [6.07, 6.45) is 0.795. The molecule has 0 aromatic heterocycles. The maximum absolute atomic E-state index is 12.0. The summed E-state index contributed by atoms with van der Waals surface area (Å²) < 4.78 is 47.2. The molecule has 1 N–H and O–H groups in total. The summed E-state index contributed by atoms with van der Waals surface area (Å²) in [5.74, 6) is 0.219. The van der Waals surface area contributed by atoms with E-state index in [9.17, 15) is 22.6 Å². The van der Waals surface area contributed by atoms with Gasteiger partial charge in [-0.15, -0.1) is 0 Å². The molecule has 0 aromatic rings. The molecule has 0 saturated heterocycles. The minimum Gasteiger partial charge on any atom is -0.748 e. The van der Waals surface area contributed by atoms with Gasteiger partial charge in [-0.2, -0.15) is 11.8 Å². The summed E-state index contributed by atoms with van der Waals surface area (Å²) >= 11 is 1.53. The molecule has 172 valence electrons. The Bertz CT molecular complexity index is 587. The average molecular weight is 496 g/mol. The van der Waals surface area contributed by atoms with Crippen LogP contribution >= 0.6 is 11.8 Å². The van der Waals surface area contributed by atoms with Gasteiger partial charge in [0.25, 0.3) is 0 Å². The molecule has 0 rings (SSSR count). The third-order valence-electron chi connectivity index (χ3n) is 3.93. The van der Waals surface area contributed by atoms with Gasteiger partial charge in [0.15, 0.2) is 0 Å². The Labute approximate surface area is 227 Å². The molecule has 0 spiro atoms. The number of esters is 1. The van der Waals surface area contributed by atoms with Gasteiger partial charge in [-0.25, -0.2) is 8.42 Å². The second-order valence-corrected chi connectivity index (χ2v) is 9.85. The predicted octanol–water partition coefficient (Wildman–Crippen LogP) is -1.62. The summed E-state index contributed by atoms with van der Waals surface area (Å²) in [6.45, 7) is 8.63. The van der Waals surface area contributed by atoms with Crippen molar-refractivity contribution in [3.8, 4) is 0 Å². The number of hydrogen-bond donors (Lipinski definition) is 1. The minimum absolute atomic E-state index is 0. The number of carbonyl (C=O) groups excluding carboxylic acids is 2. The van der Waals surface area contributed by atoms with Crippen LogP contribution in [-0.4, -0.2) is 75.3 Å².